The SMILES string of the molecule is COc1nc(Nc2ccc(F)c(C#N)c2)ccc1N. The zero-order valence-corrected chi connectivity index (χ0v) is 10.1. The zero-order valence-electron chi connectivity index (χ0n) is 10.1. The van der Waals surface area contributed by atoms with Crippen LogP contribution in [0.15, 0.2) is 30.3 Å². The van der Waals surface area contributed by atoms with Crippen molar-refractivity contribution in [2.75, 3.05) is 18.2 Å². The first-order valence-electron chi connectivity index (χ1n) is 5.41. The van der Waals surface area contributed by atoms with E-state index >= 15 is 0 Å². The number of benzene rings is 1. The summed E-state index contributed by atoms with van der Waals surface area (Å²) >= 11 is 0. The van der Waals surface area contributed by atoms with Crippen LogP contribution >= 0.6 is 0 Å². The number of ether oxygens (including phenoxy) is 1. The van der Waals surface area contributed by atoms with E-state index in [0.29, 0.717) is 23.1 Å². The molecule has 0 saturated heterocycles. The summed E-state index contributed by atoms with van der Waals surface area (Å²) in [5, 5.41) is 11.7. The Morgan fingerprint density at radius 3 is 2.84 bits per heavy atom. The average molecular weight is 258 g/mol. The molecule has 2 aromatic rings. The third-order valence-corrected chi connectivity index (χ3v) is 2.44. The lowest BCUT2D eigenvalue weighted by Gasteiger charge is -2.09. The smallest absolute Gasteiger partial charge is 0.238 e. The van der Waals surface area contributed by atoms with Crippen molar-refractivity contribution in [1.82, 2.24) is 4.98 Å². The van der Waals surface area contributed by atoms with Crippen molar-refractivity contribution >= 4 is 17.2 Å². The van der Waals surface area contributed by atoms with Crippen LogP contribution in [-0.2, 0) is 0 Å². The molecule has 5 nitrogen and oxygen atoms in total. The van der Waals surface area contributed by atoms with Gasteiger partial charge in [-0.05, 0) is 30.3 Å². The number of nitrogens with zero attached hydrogens (tertiary/aromatic N) is 2. The number of hydrogen-bond acceptors (Lipinski definition) is 5. The molecule has 2 rings (SSSR count). The summed E-state index contributed by atoms with van der Waals surface area (Å²) in [6.45, 7) is 0. The standard InChI is InChI=1S/C13H11FN4O/c1-19-13-11(16)4-5-12(18-13)17-9-2-3-10(14)8(6-9)7-15/h2-6H,16H2,1H3,(H,17,18). The minimum absolute atomic E-state index is 0.0348. The summed E-state index contributed by atoms with van der Waals surface area (Å²) in [6.07, 6.45) is 0. The molecule has 0 saturated carbocycles. The molecule has 0 unspecified atom stereocenters. The van der Waals surface area contributed by atoms with Crippen LogP contribution in [0.3, 0.4) is 0 Å². The van der Waals surface area contributed by atoms with Gasteiger partial charge in [0.1, 0.15) is 17.7 Å². The fourth-order valence-corrected chi connectivity index (χ4v) is 1.52. The second-order valence-electron chi connectivity index (χ2n) is 3.73. The van der Waals surface area contributed by atoms with Gasteiger partial charge in [0.2, 0.25) is 5.88 Å². The molecule has 0 aliphatic rings. The highest BCUT2D eigenvalue weighted by Crippen LogP contribution is 2.23. The highest BCUT2D eigenvalue weighted by Gasteiger charge is 2.06. The fraction of sp³-hybridized carbons (Fsp3) is 0.0769. The van der Waals surface area contributed by atoms with Crippen LogP contribution in [-0.4, -0.2) is 12.1 Å². The van der Waals surface area contributed by atoms with Gasteiger partial charge >= 0.3 is 0 Å². The van der Waals surface area contributed by atoms with Crippen LogP contribution in [0.5, 0.6) is 5.88 Å². The number of methoxy groups -OCH3 is 1. The molecule has 0 spiro atoms. The minimum atomic E-state index is -0.559. The van der Waals surface area contributed by atoms with Crippen molar-refractivity contribution in [3.63, 3.8) is 0 Å². The fourth-order valence-electron chi connectivity index (χ4n) is 1.52. The van der Waals surface area contributed by atoms with E-state index < -0.39 is 5.82 Å². The van der Waals surface area contributed by atoms with Gasteiger partial charge in [-0.2, -0.15) is 10.2 Å². The summed E-state index contributed by atoms with van der Waals surface area (Å²) < 4.78 is 18.2. The van der Waals surface area contributed by atoms with E-state index in [9.17, 15) is 4.39 Å². The lowest BCUT2D eigenvalue weighted by Crippen LogP contribution is -1.99. The summed E-state index contributed by atoms with van der Waals surface area (Å²) in [7, 11) is 1.47. The summed E-state index contributed by atoms with van der Waals surface area (Å²) in [4.78, 5) is 4.13. The molecule has 0 amide bonds. The van der Waals surface area contributed by atoms with Gasteiger partial charge in [0.25, 0.3) is 0 Å². The summed E-state index contributed by atoms with van der Waals surface area (Å²) in [5.41, 5.74) is 6.59. The zero-order chi connectivity index (χ0) is 13.8. The van der Waals surface area contributed by atoms with Crippen LogP contribution in [0.25, 0.3) is 0 Å². The molecule has 19 heavy (non-hydrogen) atoms. The molecule has 3 N–H and O–H groups in total. The maximum Gasteiger partial charge on any atom is 0.238 e. The number of hydrogen-bond donors (Lipinski definition) is 2. The monoisotopic (exact) mass is 258 g/mol. The number of pyridine rings is 1. The Labute approximate surface area is 109 Å². The Bertz CT molecular complexity index is 652. The lowest BCUT2D eigenvalue weighted by molar-refractivity contribution is 0.401. The number of anilines is 3. The maximum absolute atomic E-state index is 13.2. The molecule has 96 valence electrons. The third-order valence-electron chi connectivity index (χ3n) is 2.44. The molecule has 0 fully saturated rings. The summed E-state index contributed by atoms with van der Waals surface area (Å²) in [6, 6.07) is 9.21. The van der Waals surface area contributed by atoms with Crippen LogP contribution in [0.2, 0.25) is 0 Å². The van der Waals surface area contributed by atoms with Gasteiger partial charge in [0, 0.05) is 5.69 Å². The highest BCUT2D eigenvalue weighted by atomic mass is 19.1. The van der Waals surface area contributed by atoms with E-state index in [1.165, 1.54) is 25.3 Å². The Morgan fingerprint density at radius 2 is 2.16 bits per heavy atom. The largest absolute Gasteiger partial charge is 0.479 e. The topological polar surface area (TPSA) is 84.0 Å². The number of nitrogens with two attached hydrogens (primary N) is 1. The molecule has 1 heterocycles. The molecule has 0 atom stereocenters. The van der Waals surface area contributed by atoms with E-state index in [0.717, 1.165) is 0 Å². The Balaban J connectivity index is 2.29. The van der Waals surface area contributed by atoms with E-state index in [4.69, 9.17) is 15.7 Å². The second kappa shape index (κ2) is 5.23. The Kier molecular flexibility index (Phi) is 3.48. The molecular weight excluding hydrogens is 247 g/mol. The van der Waals surface area contributed by atoms with E-state index in [1.54, 1.807) is 18.2 Å². The molecular formula is C13H11FN4O. The first-order chi connectivity index (χ1) is 9.13. The van der Waals surface area contributed by atoms with Crippen molar-refractivity contribution in [2.45, 2.75) is 0 Å². The van der Waals surface area contributed by atoms with Gasteiger partial charge in [0.15, 0.2) is 0 Å². The number of aromatic nitrogens is 1. The third kappa shape index (κ3) is 2.72. The van der Waals surface area contributed by atoms with Crippen LogP contribution < -0.4 is 15.8 Å². The molecule has 0 aliphatic carbocycles. The normalized spacial score (nSPS) is 9.74. The van der Waals surface area contributed by atoms with Crippen molar-refractivity contribution in [2.24, 2.45) is 0 Å². The number of rotatable bonds is 3. The van der Waals surface area contributed by atoms with Gasteiger partial charge in [-0.25, -0.2) is 4.39 Å². The van der Waals surface area contributed by atoms with Gasteiger partial charge < -0.3 is 15.8 Å². The predicted molar refractivity (Wildman–Crippen MR) is 69.6 cm³/mol. The molecule has 6 heteroatoms. The van der Waals surface area contributed by atoms with Gasteiger partial charge in [0.05, 0.1) is 18.4 Å². The average Bonchev–Trinajstić information content (AvgIpc) is 2.43. The van der Waals surface area contributed by atoms with E-state index in [1.807, 2.05) is 0 Å². The molecule has 1 aromatic heterocycles. The molecule has 0 aliphatic heterocycles. The van der Waals surface area contributed by atoms with Crippen molar-refractivity contribution < 1.29 is 9.13 Å². The maximum atomic E-state index is 13.2. The number of halogens is 1. The second-order valence-corrected chi connectivity index (χ2v) is 3.73. The van der Waals surface area contributed by atoms with Gasteiger partial charge in [-0.3, -0.25) is 0 Å². The van der Waals surface area contributed by atoms with Crippen LogP contribution in [0, 0.1) is 17.1 Å². The van der Waals surface area contributed by atoms with Crippen LogP contribution in [0.1, 0.15) is 5.56 Å². The quantitative estimate of drug-likeness (QED) is 0.883. The Morgan fingerprint density at radius 1 is 1.37 bits per heavy atom. The number of nitrogens with one attached hydrogen (secondary N) is 1. The van der Waals surface area contributed by atoms with E-state index in [2.05, 4.69) is 10.3 Å². The van der Waals surface area contributed by atoms with Crippen LogP contribution in [0.4, 0.5) is 21.6 Å². The molecule has 0 radical (unpaired) electrons. The predicted octanol–water partition coefficient (Wildman–Crippen LogP) is 2.43. The van der Waals surface area contributed by atoms with Crippen molar-refractivity contribution in [3.8, 4) is 11.9 Å². The lowest BCUT2D eigenvalue weighted by atomic mass is 10.2. The molecule has 0 bridgehead atoms. The van der Waals surface area contributed by atoms with Gasteiger partial charge in [-0.15, -0.1) is 0 Å². The first kappa shape index (κ1) is 12.6. The van der Waals surface area contributed by atoms with Gasteiger partial charge in [-0.1, -0.05) is 0 Å². The number of nitrogen functional groups attached to an aromatic ring is 1. The number of nitriles is 1. The Hall–Kier alpha value is -2.81. The van der Waals surface area contributed by atoms with Crippen molar-refractivity contribution in [3.05, 3.63) is 41.7 Å². The van der Waals surface area contributed by atoms with E-state index in [-0.39, 0.29) is 5.56 Å². The molecule has 1 aromatic carbocycles. The summed E-state index contributed by atoms with van der Waals surface area (Å²) in [5.74, 6) is 0.227. The highest BCUT2D eigenvalue weighted by molar-refractivity contribution is 5.62. The first-order valence-corrected chi connectivity index (χ1v) is 5.41. The minimum Gasteiger partial charge on any atom is -0.479 e. The van der Waals surface area contributed by atoms with Crippen molar-refractivity contribution in [1.29, 1.82) is 5.26 Å².